The number of hydrogen-bond donors (Lipinski definition) is 2. The lowest BCUT2D eigenvalue weighted by Gasteiger charge is -2.32. The Morgan fingerprint density at radius 1 is 1.12 bits per heavy atom. The largest absolute Gasteiger partial charge is 0.494 e. The molecule has 0 saturated carbocycles. The lowest BCUT2D eigenvalue weighted by molar-refractivity contribution is -0.134. The van der Waals surface area contributed by atoms with Crippen LogP contribution in [0.5, 0.6) is 5.75 Å². The molecular weight excluding hydrogens is 618 g/mol. The van der Waals surface area contributed by atoms with Crippen LogP contribution in [0.1, 0.15) is 34.8 Å². The van der Waals surface area contributed by atoms with E-state index in [9.17, 15) is 4.79 Å². The van der Waals surface area contributed by atoms with Gasteiger partial charge in [0.25, 0.3) is 5.91 Å². The molecule has 0 spiro atoms. The molecule has 0 aromatic heterocycles. The zero-order valence-corrected chi connectivity index (χ0v) is 25.6. The number of methoxy groups -OCH3 is 2. The third-order valence-electron chi connectivity index (χ3n) is 7.04. The van der Waals surface area contributed by atoms with Crippen LogP contribution in [-0.4, -0.2) is 62.7 Å². The Kier molecular flexibility index (Phi) is 11.5. The fraction of sp³-hybridized carbons (Fsp3) is 0.355. The van der Waals surface area contributed by atoms with Crippen LogP contribution in [-0.2, 0) is 32.0 Å². The summed E-state index contributed by atoms with van der Waals surface area (Å²) in [6, 6.07) is 22.2. The molecule has 1 aliphatic heterocycles. The number of ether oxygens (including phenoxy) is 4. The SMILES string of the molecule is COC(CNC(=O)[C@]1(Cc2ccccc2Br)N=C(c2ccc(OCCCO)cc2)O[C@@H]1c1ccccc1CN=[N+]=[N-])OC. The first-order valence-electron chi connectivity index (χ1n) is 13.7. The summed E-state index contributed by atoms with van der Waals surface area (Å²) >= 11 is 3.63. The fourth-order valence-electron chi connectivity index (χ4n) is 4.83. The number of halogens is 1. The highest BCUT2D eigenvalue weighted by atomic mass is 79.9. The maximum Gasteiger partial charge on any atom is 0.252 e. The van der Waals surface area contributed by atoms with E-state index < -0.39 is 17.9 Å². The molecule has 226 valence electrons. The van der Waals surface area contributed by atoms with E-state index in [-0.39, 0.29) is 37.9 Å². The minimum absolute atomic E-state index is 0.0441. The first-order valence-corrected chi connectivity index (χ1v) is 14.5. The third kappa shape index (κ3) is 7.73. The number of benzene rings is 3. The molecule has 0 saturated heterocycles. The van der Waals surface area contributed by atoms with E-state index >= 15 is 0 Å². The lowest BCUT2D eigenvalue weighted by atomic mass is 9.80. The Bertz CT molecular complexity index is 1460. The van der Waals surface area contributed by atoms with Crippen molar-refractivity contribution in [2.75, 3.05) is 34.0 Å². The van der Waals surface area contributed by atoms with Crippen LogP contribution < -0.4 is 10.1 Å². The summed E-state index contributed by atoms with van der Waals surface area (Å²) in [5, 5.41) is 15.8. The maximum absolute atomic E-state index is 14.4. The Morgan fingerprint density at radius 3 is 2.49 bits per heavy atom. The molecule has 12 heteroatoms. The van der Waals surface area contributed by atoms with Gasteiger partial charge < -0.3 is 29.4 Å². The minimum atomic E-state index is -1.46. The van der Waals surface area contributed by atoms with E-state index in [1.54, 1.807) is 12.1 Å². The Labute approximate surface area is 258 Å². The first kappa shape index (κ1) is 32.0. The van der Waals surface area contributed by atoms with E-state index in [0.29, 0.717) is 35.5 Å². The van der Waals surface area contributed by atoms with Crippen LogP contribution in [0.2, 0.25) is 0 Å². The first-order chi connectivity index (χ1) is 20.9. The van der Waals surface area contributed by atoms with Gasteiger partial charge in [0, 0.05) is 48.6 Å². The third-order valence-corrected chi connectivity index (χ3v) is 7.82. The van der Waals surface area contributed by atoms with Gasteiger partial charge in [-0.05, 0) is 52.6 Å². The second-order valence-electron chi connectivity index (χ2n) is 9.76. The van der Waals surface area contributed by atoms with Crippen LogP contribution in [0.4, 0.5) is 0 Å². The smallest absolute Gasteiger partial charge is 0.252 e. The average Bonchev–Trinajstić information content (AvgIpc) is 3.42. The van der Waals surface area contributed by atoms with Crippen molar-refractivity contribution < 1.29 is 28.8 Å². The monoisotopic (exact) mass is 651 g/mol. The highest BCUT2D eigenvalue weighted by molar-refractivity contribution is 9.10. The molecule has 43 heavy (non-hydrogen) atoms. The predicted octanol–water partition coefficient (Wildman–Crippen LogP) is 5.26. The highest BCUT2D eigenvalue weighted by Crippen LogP contribution is 2.44. The van der Waals surface area contributed by atoms with Crippen molar-refractivity contribution in [2.45, 2.75) is 37.3 Å². The minimum Gasteiger partial charge on any atom is -0.494 e. The summed E-state index contributed by atoms with van der Waals surface area (Å²) in [5.41, 5.74) is 10.5. The van der Waals surface area contributed by atoms with E-state index in [4.69, 9.17) is 34.6 Å². The highest BCUT2D eigenvalue weighted by Gasteiger charge is 2.54. The second kappa shape index (κ2) is 15.5. The fourth-order valence-corrected chi connectivity index (χ4v) is 5.25. The van der Waals surface area contributed by atoms with Gasteiger partial charge in [-0.25, -0.2) is 4.99 Å². The standard InChI is InChI=1S/C31H34BrN5O6/c1-40-27(41-2)20-34-30(39)31(18-22-8-4-6-11-26(22)32)28(25-10-5-3-9-23(25)19-35-37-33)43-29(36-31)21-12-14-24(15-13-21)42-17-7-16-38/h3-6,8-15,27-28,38H,7,16-20H2,1-2H3,(H,34,39)/t28-,31-/m1/s1. The molecule has 3 aromatic carbocycles. The number of nitrogens with one attached hydrogen (secondary N) is 1. The molecule has 4 rings (SSSR count). The van der Waals surface area contributed by atoms with Crippen molar-refractivity contribution >= 4 is 27.7 Å². The number of aliphatic hydroxyl groups excluding tert-OH is 1. The molecule has 1 amide bonds. The summed E-state index contributed by atoms with van der Waals surface area (Å²) in [6.45, 7) is 0.588. The molecular formula is C31H34BrN5O6. The molecule has 2 atom stereocenters. The average molecular weight is 653 g/mol. The molecule has 3 aromatic rings. The molecule has 2 N–H and O–H groups in total. The quantitative estimate of drug-likeness (QED) is 0.0753. The molecule has 11 nitrogen and oxygen atoms in total. The van der Waals surface area contributed by atoms with Gasteiger partial charge in [-0.15, -0.1) is 0 Å². The number of aliphatic imine (C=N–C) groups is 1. The number of azide groups is 1. The van der Waals surface area contributed by atoms with Gasteiger partial charge in [0.2, 0.25) is 5.90 Å². The molecule has 0 radical (unpaired) electrons. The summed E-state index contributed by atoms with van der Waals surface area (Å²) < 4.78 is 23.7. The summed E-state index contributed by atoms with van der Waals surface area (Å²) in [4.78, 5) is 22.3. The Morgan fingerprint density at radius 2 is 1.81 bits per heavy atom. The second-order valence-corrected chi connectivity index (χ2v) is 10.6. The Hall–Kier alpha value is -3.93. The number of hydrogen-bond acceptors (Lipinski definition) is 8. The van der Waals surface area contributed by atoms with Crippen LogP contribution in [0, 0.1) is 0 Å². The van der Waals surface area contributed by atoms with Crippen molar-refractivity contribution in [3.8, 4) is 5.75 Å². The van der Waals surface area contributed by atoms with Crippen LogP contribution >= 0.6 is 15.9 Å². The van der Waals surface area contributed by atoms with Crippen molar-refractivity contribution in [2.24, 2.45) is 10.1 Å². The molecule has 1 aliphatic rings. The van der Waals surface area contributed by atoms with Gasteiger partial charge >= 0.3 is 0 Å². The number of aliphatic hydroxyl groups is 1. The van der Waals surface area contributed by atoms with Crippen molar-refractivity contribution in [1.29, 1.82) is 0 Å². The Balaban J connectivity index is 1.84. The van der Waals surface area contributed by atoms with Crippen molar-refractivity contribution in [3.63, 3.8) is 0 Å². The number of carbonyl (C=O) groups excluding carboxylic acids is 1. The van der Waals surface area contributed by atoms with Gasteiger partial charge in [0.1, 0.15) is 5.75 Å². The van der Waals surface area contributed by atoms with E-state index in [1.165, 1.54) is 14.2 Å². The molecule has 0 unspecified atom stereocenters. The molecule has 0 fully saturated rings. The maximum atomic E-state index is 14.4. The van der Waals surface area contributed by atoms with Crippen LogP contribution in [0.25, 0.3) is 10.4 Å². The number of amides is 1. The van der Waals surface area contributed by atoms with Gasteiger partial charge in [-0.3, -0.25) is 4.79 Å². The topological polar surface area (TPSA) is 147 Å². The van der Waals surface area contributed by atoms with Crippen molar-refractivity contribution in [1.82, 2.24) is 5.32 Å². The van der Waals surface area contributed by atoms with Crippen LogP contribution in [0.15, 0.2) is 87.4 Å². The van der Waals surface area contributed by atoms with Gasteiger partial charge in [-0.2, -0.15) is 0 Å². The van der Waals surface area contributed by atoms with E-state index in [0.717, 1.165) is 10.0 Å². The van der Waals surface area contributed by atoms with Crippen LogP contribution in [0.3, 0.4) is 0 Å². The molecule has 1 heterocycles. The van der Waals surface area contributed by atoms with Gasteiger partial charge in [0.15, 0.2) is 17.9 Å². The zero-order chi connectivity index (χ0) is 30.7. The summed E-state index contributed by atoms with van der Waals surface area (Å²) in [6.07, 6.45) is -0.820. The number of carbonyl (C=O) groups is 1. The summed E-state index contributed by atoms with van der Waals surface area (Å²) in [5.74, 6) is 0.530. The number of nitrogens with zero attached hydrogens (tertiary/aromatic N) is 4. The van der Waals surface area contributed by atoms with Crippen molar-refractivity contribution in [3.05, 3.63) is 110 Å². The summed E-state index contributed by atoms with van der Waals surface area (Å²) in [7, 11) is 3.00. The molecule has 0 bridgehead atoms. The normalized spacial score (nSPS) is 17.6. The van der Waals surface area contributed by atoms with E-state index in [1.807, 2.05) is 60.7 Å². The molecule has 0 aliphatic carbocycles. The lowest BCUT2D eigenvalue weighted by Crippen LogP contribution is -2.52. The predicted molar refractivity (Wildman–Crippen MR) is 165 cm³/mol. The van der Waals surface area contributed by atoms with Gasteiger partial charge in [0.05, 0.1) is 19.7 Å². The van der Waals surface area contributed by atoms with Gasteiger partial charge in [-0.1, -0.05) is 63.5 Å². The zero-order valence-electron chi connectivity index (χ0n) is 24.0. The number of rotatable bonds is 15. The van der Waals surface area contributed by atoms with E-state index in [2.05, 4.69) is 31.3 Å².